The van der Waals surface area contributed by atoms with Gasteiger partial charge in [0.25, 0.3) is 0 Å². The van der Waals surface area contributed by atoms with Crippen LogP contribution in [-0.4, -0.2) is 13.3 Å². The summed E-state index contributed by atoms with van der Waals surface area (Å²) in [7, 11) is 1.57. The molecule has 0 spiro atoms. The summed E-state index contributed by atoms with van der Waals surface area (Å²) in [5.41, 5.74) is 1.62. The maximum atomic E-state index is 6.07. The van der Waals surface area contributed by atoms with Gasteiger partial charge in [-0.15, -0.1) is 0 Å². The first kappa shape index (κ1) is 15.9. The van der Waals surface area contributed by atoms with Crippen LogP contribution in [0.3, 0.4) is 0 Å². The van der Waals surface area contributed by atoms with Gasteiger partial charge in [-0.1, -0.05) is 46.9 Å². The maximum Gasteiger partial charge on any atom is 0.137 e. The van der Waals surface area contributed by atoms with Gasteiger partial charge in [-0.2, -0.15) is 0 Å². The number of methoxy groups -OCH3 is 1. The molecule has 0 heterocycles. The fraction of sp³-hybridized carbons (Fsp3) is 0.0625. The van der Waals surface area contributed by atoms with E-state index in [0.29, 0.717) is 20.8 Å². The number of hydrogen-bond acceptors (Lipinski definition) is 2. The molecule has 0 N–H and O–H groups in total. The van der Waals surface area contributed by atoms with Crippen molar-refractivity contribution < 1.29 is 4.74 Å². The highest BCUT2D eigenvalue weighted by Gasteiger charge is 2.00. The fourth-order valence-electron chi connectivity index (χ4n) is 1.65. The second-order valence-corrected chi connectivity index (χ2v) is 5.37. The van der Waals surface area contributed by atoms with Gasteiger partial charge in [-0.25, -0.2) is 0 Å². The van der Waals surface area contributed by atoms with Gasteiger partial charge in [-0.3, -0.25) is 4.99 Å². The number of hydrogen-bond donors (Lipinski definition) is 0. The van der Waals surface area contributed by atoms with Gasteiger partial charge < -0.3 is 4.74 Å². The molecule has 0 aliphatic heterocycles. The minimum absolute atomic E-state index is 0.525. The van der Waals surface area contributed by atoms with Crippen molar-refractivity contribution >= 4 is 52.8 Å². The number of ether oxygens (including phenoxy) is 1. The highest BCUT2D eigenvalue weighted by atomic mass is 35.5. The predicted octanol–water partition coefficient (Wildman–Crippen LogP) is 6.07. The van der Waals surface area contributed by atoms with E-state index < -0.39 is 0 Å². The molecule has 0 unspecified atom stereocenters. The van der Waals surface area contributed by atoms with Crippen molar-refractivity contribution in [3.05, 3.63) is 63.1 Å². The molecular formula is C16H12Cl3NO. The van der Waals surface area contributed by atoms with Crippen LogP contribution in [0.15, 0.2) is 47.5 Å². The Labute approximate surface area is 138 Å². The Bertz CT molecular complexity index is 696. The number of nitrogens with zero attached hydrogens (tertiary/aromatic N) is 1. The van der Waals surface area contributed by atoms with E-state index in [9.17, 15) is 0 Å². The molecule has 2 rings (SSSR count). The van der Waals surface area contributed by atoms with Gasteiger partial charge in [0.2, 0.25) is 0 Å². The van der Waals surface area contributed by atoms with Crippen molar-refractivity contribution in [2.75, 3.05) is 7.11 Å². The first-order chi connectivity index (χ1) is 10.1. The van der Waals surface area contributed by atoms with Crippen LogP contribution in [0, 0.1) is 0 Å². The Morgan fingerprint density at radius 2 is 1.81 bits per heavy atom. The van der Waals surface area contributed by atoms with Crippen LogP contribution in [0.25, 0.3) is 6.08 Å². The van der Waals surface area contributed by atoms with Gasteiger partial charge >= 0.3 is 0 Å². The standard InChI is InChI=1S/C16H12Cl3NO/c1-21-16-7-6-13(10-15(16)19)20-8-2-3-11-4-5-12(17)9-14(11)18/h2-10H,1H3/b3-2-,20-8?. The smallest absolute Gasteiger partial charge is 0.137 e. The van der Waals surface area contributed by atoms with E-state index in [1.54, 1.807) is 43.7 Å². The summed E-state index contributed by atoms with van der Waals surface area (Å²) in [5.74, 6) is 0.624. The van der Waals surface area contributed by atoms with Crippen molar-refractivity contribution in [3.63, 3.8) is 0 Å². The molecule has 0 saturated heterocycles. The van der Waals surface area contributed by atoms with Crippen LogP contribution in [0.2, 0.25) is 15.1 Å². The third kappa shape index (κ3) is 4.50. The summed E-state index contributed by atoms with van der Waals surface area (Å²) in [6.07, 6.45) is 5.32. The van der Waals surface area contributed by atoms with Gasteiger partial charge in [0.1, 0.15) is 5.75 Å². The van der Waals surface area contributed by atoms with Crippen molar-refractivity contribution in [2.24, 2.45) is 4.99 Å². The van der Waals surface area contributed by atoms with Gasteiger partial charge in [0, 0.05) is 16.3 Å². The normalized spacial score (nSPS) is 11.4. The van der Waals surface area contributed by atoms with E-state index in [0.717, 1.165) is 11.3 Å². The largest absolute Gasteiger partial charge is 0.495 e. The van der Waals surface area contributed by atoms with Crippen molar-refractivity contribution in [3.8, 4) is 5.75 Å². The average molecular weight is 341 g/mol. The molecule has 0 aliphatic carbocycles. The summed E-state index contributed by atoms with van der Waals surface area (Å²) < 4.78 is 5.08. The summed E-state index contributed by atoms with van der Waals surface area (Å²) in [4.78, 5) is 4.28. The number of benzene rings is 2. The Kier molecular flexibility index (Phi) is 5.68. The Morgan fingerprint density at radius 3 is 2.48 bits per heavy atom. The summed E-state index contributed by atoms with van der Waals surface area (Å²) >= 11 is 17.9. The minimum Gasteiger partial charge on any atom is -0.495 e. The van der Waals surface area contributed by atoms with Crippen LogP contribution >= 0.6 is 34.8 Å². The maximum absolute atomic E-state index is 6.07. The van der Waals surface area contributed by atoms with Gasteiger partial charge in [0.05, 0.1) is 17.8 Å². The molecule has 0 aromatic heterocycles. The molecule has 5 heteroatoms. The lowest BCUT2D eigenvalue weighted by molar-refractivity contribution is 0.415. The third-order valence-corrected chi connectivity index (χ3v) is 3.54. The van der Waals surface area contributed by atoms with Crippen LogP contribution in [0.5, 0.6) is 5.75 Å². The predicted molar refractivity (Wildman–Crippen MR) is 91.7 cm³/mol. The zero-order valence-corrected chi connectivity index (χ0v) is 13.5. The highest BCUT2D eigenvalue weighted by molar-refractivity contribution is 6.35. The third-order valence-electron chi connectivity index (χ3n) is 2.68. The second-order valence-electron chi connectivity index (χ2n) is 4.12. The Hall–Kier alpha value is -1.48. The first-order valence-electron chi connectivity index (χ1n) is 6.09. The van der Waals surface area contributed by atoms with Gasteiger partial charge in [0.15, 0.2) is 0 Å². The molecule has 21 heavy (non-hydrogen) atoms. The topological polar surface area (TPSA) is 21.6 Å². The minimum atomic E-state index is 0.525. The molecule has 0 saturated carbocycles. The number of allylic oxidation sites excluding steroid dienone is 1. The molecular weight excluding hydrogens is 329 g/mol. The Morgan fingerprint density at radius 1 is 1.00 bits per heavy atom. The molecule has 2 nitrogen and oxygen atoms in total. The van der Waals surface area contributed by atoms with Crippen LogP contribution in [0.1, 0.15) is 5.56 Å². The van der Waals surface area contributed by atoms with Crippen molar-refractivity contribution in [1.82, 2.24) is 0 Å². The van der Waals surface area contributed by atoms with E-state index in [2.05, 4.69) is 4.99 Å². The summed E-state index contributed by atoms with van der Waals surface area (Å²) in [6.45, 7) is 0. The molecule has 0 fully saturated rings. The average Bonchev–Trinajstić information content (AvgIpc) is 2.45. The van der Waals surface area contributed by atoms with Crippen LogP contribution in [0.4, 0.5) is 5.69 Å². The zero-order valence-electron chi connectivity index (χ0n) is 11.2. The molecule has 0 atom stereocenters. The van der Waals surface area contributed by atoms with Crippen molar-refractivity contribution in [1.29, 1.82) is 0 Å². The monoisotopic (exact) mass is 339 g/mol. The van der Waals surface area contributed by atoms with Crippen LogP contribution < -0.4 is 4.74 Å². The van der Waals surface area contributed by atoms with E-state index in [4.69, 9.17) is 39.5 Å². The molecule has 2 aromatic rings. The lowest BCUT2D eigenvalue weighted by Gasteiger charge is -2.02. The van der Waals surface area contributed by atoms with E-state index in [-0.39, 0.29) is 0 Å². The number of halogens is 3. The van der Waals surface area contributed by atoms with E-state index in [1.165, 1.54) is 0 Å². The molecule has 0 radical (unpaired) electrons. The zero-order chi connectivity index (χ0) is 15.2. The summed E-state index contributed by atoms with van der Waals surface area (Å²) in [5, 5.41) is 1.73. The summed E-state index contributed by atoms with van der Waals surface area (Å²) in [6, 6.07) is 10.7. The molecule has 0 aliphatic rings. The van der Waals surface area contributed by atoms with Crippen LogP contribution in [-0.2, 0) is 0 Å². The molecule has 2 aromatic carbocycles. The van der Waals surface area contributed by atoms with Gasteiger partial charge in [-0.05, 0) is 42.0 Å². The lowest BCUT2D eigenvalue weighted by Crippen LogP contribution is -1.82. The first-order valence-corrected chi connectivity index (χ1v) is 7.23. The SMILES string of the molecule is COc1ccc(N=C/C=C\c2ccc(Cl)cc2Cl)cc1Cl. The highest BCUT2D eigenvalue weighted by Crippen LogP contribution is 2.28. The number of aliphatic imine (C=N–C) groups is 1. The molecule has 0 amide bonds. The molecule has 0 bridgehead atoms. The van der Waals surface area contributed by atoms with E-state index in [1.807, 2.05) is 18.2 Å². The molecule has 108 valence electrons. The number of rotatable bonds is 4. The van der Waals surface area contributed by atoms with E-state index >= 15 is 0 Å². The lowest BCUT2D eigenvalue weighted by atomic mass is 10.2. The second kappa shape index (κ2) is 7.51. The fourth-order valence-corrected chi connectivity index (χ4v) is 2.37. The van der Waals surface area contributed by atoms with Crippen molar-refractivity contribution in [2.45, 2.75) is 0 Å². The Balaban J connectivity index is 2.08. The quantitative estimate of drug-likeness (QED) is 0.619.